The highest BCUT2D eigenvalue weighted by Crippen LogP contribution is 2.30. The van der Waals surface area contributed by atoms with Crippen molar-refractivity contribution in [2.45, 2.75) is 19.4 Å². The van der Waals surface area contributed by atoms with E-state index in [0.717, 1.165) is 59.9 Å². The number of rotatable bonds is 10. The van der Waals surface area contributed by atoms with Crippen LogP contribution in [0.1, 0.15) is 12.8 Å². The van der Waals surface area contributed by atoms with Crippen molar-refractivity contribution < 1.29 is 9.18 Å². The molecule has 1 aromatic carbocycles. The van der Waals surface area contributed by atoms with E-state index >= 15 is 0 Å². The van der Waals surface area contributed by atoms with Gasteiger partial charge in [-0.2, -0.15) is 5.10 Å². The van der Waals surface area contributed by atoms with Crippen LogP contribution in [0.3, 0.4) is 0 Å². The first-order valence-corrected chi connectivity index (χ1v) is 10.6. The smallest absolute Gasteiger partial charge is 0.156 e. The van der Waals surface area contributed by atoms with Gasteiger partial charge in [-0.15, -0.1) is 0 Å². The van der Waals surface area contributed by atoms with Crippen molar-refractivity contribution in [2.24, 2.45) is 0 Å². The van der Waals surface area contributed by atoms with E-state index in [9.17, 15) is 9.18 Å². The molecule has 0 saturated heterocycles. The number of halogens is 1. The van der Waals surface area contributed by atoms with E-state index < -0.39 is 0 Å². The predicted molar refractivity (Wildman–Crippen MR) is 122 cm³/mol. The molecule has 3 heterocycles. The molecule has 0 aliphatic rings. The number of benzene rings is 1. The van der Waals surface area contributed by atoms with Crippen LogP contribution in [0.15, 0.2) is 48.9 Å². The minimum absolute atomic E-state index is 0.288. The summed E-state index contributed by atoms with van der Waals surface area (Å²) in [5, 5.41) is 7.79. The molecule has 32 heavy (non-hydrogen) atoms. The number of unbranched alkanes of at least 4 members (excludes halogenated alkanes) is 1. The predicted octanol–water partition coefficient (Wildman–Crippen LogP) is 3.35. The van der Waals surface area contributed by atoms with E-state index in [1.165, 1.54) is 12.1 Å². The van der Waals surface area contributed by atoms with E-state index in [4.69, 9.17) is 5.10 Å². The Morgan fingerprint density at radius 3 is 2.72 bits per heavy atom. The molecule has 8 nitrogen and oxygen atoms in total. The van der Waals surface area contributed by atoms with Crippen molar-refractivity contribution in [3.63, 3.8) is 0 Å². The normalized spacial score (nSPS) is 11.4. The summed E-state index contributed by atoms with van der Waals surface area (Å²) in [6.45, 7) is 2.34. The molecule has 3 aromatic heterocycles. The third-order valence-corrected chi connectivity index (χ3v) is 5.36. The van der Waals surface area contributed by atoms with E-state index in [2.05, 4.69) is 24.8 Å². The van der Waals surface area contributed by atoms with Crippen molar-refractivity contribution in [1.82, 2.24) is 29.0 Å². The van der Waals surface area contributed by atoms with Crippen LogP contribution in [0.2, 0.25) is 0 Å². The van der Waals surface area contributed by atoms with Crippen molar-refractivity contribution >= 4 is 17.8 Å². The molecule has 0 atom stereocenters. The first-order valence-electron chi connectivity index (χ1n) is 10.6. The van der Waals surface area contributed by atoms with Gasteiger partial charge in [0.25, 0.3) is 0 Å². The number of likely N-dealkylation sites (N-methyl/N-ethyl adjacent to an activating group) is 1. The fraction of sp³-hybridized carbons (Fsp3) is 0.304. The molecule has 0 aliphatic heterocycles. The standard InChI is InChI=1S/C23H26FN7O/c1-25-20-15-31-21(27-20)10-9-19(28-31)23-22(17-5-7-18(24)8-6-17)26-16-30(23)13-12-29(2)11-3-4-14-32/h5-10,14-16,25H,3-4,11-13H2,1-2H3. The quantitative estimate of drug-likeness (QED) is 0.304. The Morgan fingerprint density at radius 2 is 1.97 bits per heavy atom. The molecule has 0 unspecified atom stereocenters. The molecule has 0 radical (unpaired) electrons. The van der Waals surface area contributed by atoms with Gasteiger partial charge >= 0.3 is 0 Å². The van der Waals surface area contributed by atoms with Crippen LogP contribution < -0.4 is 5.32 Å². The molecular formula is C23H26FN7O. The van der Waals surface area contributed by atoms with Gasteiger partial charge in [0, 0.05) is 32.1 Å². The largest absolute Gasteiger partial charge is 0.372 e. The highest BCUT2D eigenvalue weighted by Gasteiger charge is 2.18. The average Bonchev–Trinajstić information content (AvgIpc) is 3.41. The summed E-state index contributed by atoms with van der Waals surface area (Å²) in [5.74, 6) is 0.447. The summed E-state index contributed by atoms with van der Waals surface area (Å²) in [6, 6.07) is 10.2. The summed E-state index contributed by atoms with van der Waals surface area (Å²) in [7, 11) is 3.85. The van der Waals surface area contributed by atoms with Crippen LogP contribution in [0.5, 0.6) is 0 Å². The molecule has 4 aromatic rings. The van der Waals surface area contributed by atoms with Crippen LogP contribution >= 0.6 is 0 Å². The van der Waals surface area contributed by atoms with Gasteiger partial charge in [0.1, 0.15) is 23.6 Å². The zero-order chi connectivity index (χ0) is 22.5. The minimum atomic E-state index is -0.288. The first kappa shape index (κ1) is 21.6. The van der Waals surface area contributed by atoms with E-state index in [1.807, 2.05) is 32.4 Å². The van der Waals surface area contributed by atoms with Crippen LogP contribution in [0.4, 0.5) is 10.2 Å². The number of nitrogens with one attached hydrogen (secondary N) is 1. The van der Waals surface area contributed by atoms with Crippen molar-refractivity contribution in [1.29, 1.82) is 0 Å². The van der Waals surface area contributed by atoms with Gasteiger partial charge in [-0.1, -0.05) is 0 Å². The number of aromatic nitrogens is 5. The number of hydrogen-bond acceptors (Lipinski definition) is 6. The van der Waals surface area contributed by atoms with Gasteiger partial charge in [-0.25, -0.2) is 18.9 Å². The maximum absolute atomic E-state index is 13.5. The second-order valence-corrected chi connectivity index (χ2v) is 7.65. The van der Waals surface area contributed by atoms with E-state index in [1.54, 1.807) is 23.0 Å². The molecule has 4 rings (SSSR count). The Bertz CT molecular complexity index is 1200. The third kappa shape index (κ3) is 4.67. The van der Waals surface area contributed by atoms with Gasteiger partial charge in [0.05, 0.1) is 23.9 Å². The lowest BCUT2D eigenvalue weighted by molar-refractivity contribution is -0.108. The van der Waals surface area contributed by atoms with Crippen LogP contribution in [0.25, 0.3) is 28.3 Å². The monoisotopic (exact) mass is 435 g/mol. The molecule has 0 fully saturated rings. The van der Waals surface area contributed by atoms with Gasteiger partial charge < -0.3 is 19.6 Å². The number of hydrogen-bond donors (Lipinski definition) is 1. The van der Waals surface area contributed by atoms with Crippen molar-refractivity contribution in [3.8, 4) is 22.6 Å². The fourth-order valence-electron chi connectivity index (χ4n) is 3.60. The summed E-state index contributed by atoms with van der Waals surface area (Å²) in [4.78, 5) is 21.9. The van der Waals surface area contributed by atoms with Gasteiger partial charge in [-0.3, -0.25) is 0 Å². The second kappa shape index (κ2) is 9.69. The summed E-state index contributed by atoms with van der Waals surface area (Å²) < 4.78 is 17.3. The summed E-state index contributed by atoms with van der Waals surface area (Å²) in [6.07, 6.45) is 5.99. The molecular weight excluding hydrogens is 409 g/mol. The molecule has 0 aliphatic carbocycles. The topological polar surface area (TPSA) is 80.4 Å². The maximum atomic E-state index is 13.5. The molecule has 0 saturated carbocycles. The molecule has 1 N–H and O–H groups in total. The van der Waals surface area contributed by atoms with Crippen molar-refractivity contribution in [3.05, 3.63) is 54.7 Å². The van der Waals surface area contributed by atoms with Crippen molar-refractivity contribution in [2.75, 3.05) is 32.5 Å². The maximum Gasteiger partial charge on any atom is 0.156 e. The lowest BCUT2D eigenvalue weighted by Gasteiger charge is -2.17. The summed E-state index contributed by atoms with van der Waals surface area (Å²) in [5.41, 5.74) is 3.91. The first-order chi connectivity index (χ1) is 15.6. The zero-order valence-corrected chi connectivity index (χ0v) is 18.2. The van der Waals surface area contributed by atoms with Crippen LogP contribution in [0, 0.1) is 5.82 Å². The van der Waals surface area contributed by atoms with Crippen LogP contribution in [-0.4, -0.2) is 62.5 Å². The van der Waals surface area contributed by atoms with Gasteiger partial charge in [0.2, 0.25) is 0 Å². The van der Waals surface area contributed by atoms with Gasteiger partial charge in [-0.05, 0) is 56.4 Å². The number of aldehydes is 1. The zero-order valence-electron chi connectivity index (χ0n) is 18.2. The van der Waals surface area contributed by atoms with Gasteiger partial charge in [0.15, 0.2) is 5.65 Å². The highest BCUT2D eigenvalue weighted by atomic mass is 19.1. The van der Waals surface area contributed by atoms with Crippen LogP contribution in [-0.2, 0) is 11.3 Å². The fourth-order valence-corrected chi connectivity index (χ4v) is 3.60. The molecule has 0 bridgehead atoms. The molecule has 166 valence electrons. The number of nitrogens with zero attached hydrogens (tertiary/aromatic N) is 6. The number of carbonyl (C=O) groups is 1. The second-order valence-electron chi connectivity index (χ2n) is 7.65. The third-order valence-electron chi connectivity index (χ3n) is 5.36. The Kier molecular flexibility index (Phi) is 6.55. The number of carbonyl (C=O) groups excluding carboxylic acids is 1. The van der Waals surface area contributed by atoms with E-state index in [0.29, 0.717) is 13.0 Å². The lowest BCUT2D eigenvalue weighted by Crippen LogP contribution is -2.24. The SMILES string of the molecule is CNc1cn2nc(-c3c(-c4ccc(F)cc4)ncn3CCN(C)CCCC=O)ccc2n1. The summed E-state index contributed by atoms with van der Waals surface area (Å²) >= 11 is 0. The number of anilines is 1. The Hall–Kier alpha value is -3.59. The number of imidazole rings is 2. The van der Waals surface area contributed by atoms with E-state index in [-0.39, 0.29) is 5.82 Å². The minimum Gasteiger partial charge on any atom is -0.372 e. The molecule has 9 heteroatoms. The Labute approximate surface area is 185 Å². The molecule has 0 spiro atoms. The lowest BCUT2D eigenvalue weighted by atomic mass is 10.1. The molecule has 0 amide bonds. The average molecular weight is 436 g/mol. The number of fused-ring (bicyclic) bond motifs is 1. The Balaban J connectivity index is 1.69. The Morgan fingerprint density at radius 1 is 1.16 bits per heavy atom. The highest BCUT2D eigenvalue weighted by molar-refractivity contribution is 5.77.